The van der Waals surface area contributed by atoms with Gasteiger partial charge in [-0.1, -0.05) is 22.9 Å². The molecule has 1 amide bonds. The predicted octanol–water partition coefficient (Wildman–Crippen LogP) is 2.81. The van der Waals surface area contributed by atoms with Crippen molar-refractivity contribution in [2.24, 2.45) is 0 Å². The summed E-state index contributed by atoms with van der Waals surface area (Å²) in [6, 6.07) is 5.47. The molecule has 18 heavy (non-hydrogen) atoms. The number of halogens is 1. The summed E-state index contributed by atoms with van der Waals surface area (Å²) in [4.78, 5) is 13.5. The first-order valence-corrected chi connectivity index (χ1v) is 6.75. The molecular formula is C13H19BrN2O2. The Kier molecular flexibility index (Phi) is 6.15. The van der Waals surface area contributed by atoms with Gasteiger partial charge in [-0.2, -0.15) is 0 Å². The van der Waals surface area contributed by atoms with Crippen molar-refractivity contribution in [2.45, 2.75) is 19.8 Å². The number of hydrogen-bond donors (Lipinski definition) is 1. The molecule has 0 radical (unpaired) electrons. The summed E-state index contributed by atoms with van der Waals surface area (Å²) < 4.78 is 6.20. The van der Waals surface area contributed by atoms with Crippen LogP contribution in [0.4, 0.5) is 11.4 Å². The van der Waals surface area contributed by atoms with Crippen LogP contribution < -0.4 is 10.6 Å². The third-order valence-corrected chi connectivity index (χ3v) is 3.03. The number of hydrogen-bond acceptors (Lipinski definition) is 3. The second kappa shape index (κ2) is 7.38. The molecule has 1 aromatic carbocycles. The zero-order valence-electron chi connectivity index (χ0n) is 10.8. The molecule has 1 rings (SSSR count). The van der Waals surface area contributed by atoms with Crippen molar-refractivity contribution in [3.63, 3.8) is 0 Å². The van der Waals surface area contributed by atoms with E-state index in [2.05, 4.69) is 15.9 Å². The van der Waals surface area contributed by atoms with E-state index in [1.165, 1.54) is 0 Å². The summed E-state index contributed by atoms with van der Waals surface area (Å²) in [5.74, 6) is 0.000116. The number of rotatable bonds is 6. The van der Waals surface area contributed by atoms with Gasteiger partial charge in [0.1, 0.15) is 0 Å². The highest BCUT2D eigenvalue weighted by atomic mass is 79.9. The number of nitrogens with zero attached hydrogens (tertiary/aromatic N) is 1. The predicted molar refractivity (Wildman–Crippen MR) is 77.7 cm³/mol. The van der Waals surface area contributed by atoms with Gasteiger partial charge in [0.15, 0.2) is 0 Å². The molecule has 100 valence electrons. The lowest BCUT2D eigenvalue weighted by Gasteiger charge is -2.19. The number of nitrogens with two attached hydrogens (primary N) is 1. The molecule has 0 aliphatic heterocycles. The number of ether oxygens (including phenoxy) is 1. The molecule has 0 saturated carbocycles. The molecule has 5 heteroatoms. The van der Waals surface area contributed by atoms with E-state index in [0.717, 1.165) is 16.6 Å². The van der Waals surface area contributed by atoms with Crippen LogP contribution in [0.3, 0.4) is 0 Å². The molecule has 0 atom stereocenters. The first-order chi connectivity index (χ1) is 8.56. The van der Waals surface area contributed by atoms with Crippen molar-refractivity contribution in [3.05, 3.63) is 22.7 Å². The molecule has 0 aromatic heterocycles. The number of amides is 1. The topological polar surface area (TPSA) is 55.6 Å². The van der Waals surface area contributed by atoms with Crippen LogP contribution in [0.5, 0.6) is 0 Å². The molecule has 2 N–H and O–H groups in total. The molecule has 0 aliphatic carbocycles. The van der Waals surface area contributed by atoms with Crippen molar-refractivity contribution in [1.82, 2.24) is 0 Å². The second-order valence-corrected chi connectivity index (χ2v) is 4.93. The van der Waals surface area contributed by atoms with Gasteiger partial charge < -0.3 is 15.4 Å². The molecule has 0 heterocycles. The second-order valence-electron chi connectivity index (χ2n) is 4.02. The summed E-state index contributed by atoms with van der Waals surface area (Å²) in [7, 11) is 1.72. The quantitative estimate of drug-likeness (QED) is 0.649. The van der Waals surface area contributed by atoms with E-state index in [1.54, 1.807) is 18.0 Å². The van der Waals surface area contributed by atoms with E-state index < -0.39 is 0 Å². The highest BCUT2D eigenvalue weighted by Crippen LogP contribution is 2.26. The Hall–Kier alpha value is -1.07. The monoisotopic (exact) mass is 314 g/mol. The maximum absolute atomic E-state index is 11.9. The standard InChI is InChI=1S/C13H19BrN2O2/c1-3-7-18-8-6-13(17)16(2)12-5-4-10(14)9-11(12)15/h4-5,9H,3,6-8,15H2,1-2H3. The normalized spacial score (nSPS) is 10.4. The number of nitrogen functional groups attached to an aromatic ring is 1. The van der Waals surface area contributed by atoms with Gasteiger partial charge in [0.2, 0.25) is 5.91 Å². The van der Waals surface area contributed by atoms with E-state index in [-0.39, 0.29) is 5.91 Å². The maximum Gasteiger partial charge on any atom is 0.229 e. The van der Waals surface area contributed by atoms with Crippen molar-refractivity contribution in [1.29, 1.82) is 0 Å². The zero-order chi connectivity index (χ0) is 13.5. The van der Waals surface area contributed by atoms with Crippen molar-refractivity contribution >= 4 is 33.2 Å². The van der Waals surface area contributed by atoms with Gasteiger partial charge in [0.05, 0.1) is 24.4 Å². The van der Waals surface area contributed by atoms with Gasteiger partial charge in [-0.25, -0.2) is 0 Å². The maximum atomic E-state index is 11.9. The summed E-state index contributed by atoms with van der Waals surface area (Å²) in [5.41, 5.74) is 7.18. The van der Waals surface area contributed by atoms with Gasteiger partial charge in [0.25, 0.3) is 0 Å². The van der Waals surface area contributed by atoms with Crippen LogP contribution in [0.2, 0.25) is 0 Å². The van der Waals surface area contributed by atoms with Crippen LogP contribution in [-0.4, -0.2) is 26.2 Å². The third-order valence-electron chi connectivity index (χ3n) is 2.53. The van der Waals surface area contributed by atoms with Gasteiger partial charge in [-0.3, -0.25) is 4.79 Å². The zero-order valence-corrected chi connectivity index (χ0v) is 12.4. The van der Waals surface area contributed by atoms with E-state index >= 15 is 0 Å². The summed E-state index contributed by atoms with van der Waals surface area (Å²) in [6.45, 7) is 3.18. The summed E-state index contributed by atoms with van der Waals surface area (Å²) in [6.07, 6.45) is 1.33. The van der Waals surface area contributed by atoms with Gasteiger partial charge in [-0.15, -0.1) is 0 Å². The van der Waals surface area contributed by atoms with Gasteiger partial charge in [0, 0.05) is 18.1 Å². The van der Waals surface area contributed by atoms with Crippen molar-refractivity contribution < 1.29 is 9.53 Å². The number of carbonyl (C=O) groups excluding carboxylic acids is 1. The Morgan fingerprint density at radius 1 is 1.44 bits per heavy atom. The first-order valence-electron chi connectivity index (χ1n) is 5.95. The Morgan fingerprint density at radius 3 is 2.78 bits per heavy atom. The van der Waals surface area contributed by atoms with E-state index in [9.17, 15) is 4.79 Å². The molecular weight excluding hydrogens is 296 g/mol. The Morgan fingerprint density at radius 2 is 2.17 bits per heavy atom. The third kappa shape index (κ3) is 4.31. The van der Waals surface area contributed by atoms with Crippen LogP contribution in [-0.2, 0) is 9.53 Å². The minimum Gasteiger partial charge on any atom is -0.397 e. The van der Waals surface area contributed by atoms with Crippen LogP contribution in [0.1, 0.15) is 19.8 Å². The van der Waals surface area contributed by atoms with Crippen LogP contribution >= 0.6 is 15.9 Å². The molecule has 0 spiro atoms. The van der Waals surface area contributed by atoms with Gasteiger partial charge in [-0.05, 0) is 24.6 Å². The highest BCUT2D eigenvalue weighted by Gasteiger charge is 2.13. The molecule has 0 unspecified atom stereocenters. The Labute approximate surface area is 116 Å². The molecule has 0 aliphatic rings. The van der Waals surface area contributed by atoms with E-state index in [1.807, 2.05) is 19.1 Å². The smallest absolute Gasteiger partial charge is 0.229 e. The molecule has 4 nitrogen and oxygen atoms in total. The largest absolute Gasteiger partial charge is 0.397 e. The molecule has 0 fully saturated rings. The summed E-state index contributed by atoms with van der Waals surface area (Å²) in [5, 5.41) is 0. The highest BCUT2D eigenvalue weighted by molar-refractivity contribution is 9.10. The van der Waals surface area contributed by atoms with Crippen molar-refractivity contribution in [3.8, 4) is 0 Å². The Bertz CT molecular complexity index is 410. The fraction of sp³-hybridized carbons (Fsp3) is 0.462. The Balaban J connectivity index is 2.57. The SMILES string of the molecule is CCCOCCC(=O)N(C)c1ccc(Br)cc1N. The van der Waals surface area contributed by atoms with Crippen LogP contribution in [0, 0.1) is 0 Å². The summed E-state index contributed by atoms with van der Waals surface area (Å²) >= 11 is 3.34. The lowest BCUT2D eigenvalue weighted by molar-refractivity contribution is -0.119. The minimum absolute atomic E-state index is 0.000116. The lowest BCUT2D eigenvalue weighted by Crippen LogP contribution is -2.27. The average Bonchev–Trinajstić information content (AvgIpc) is 2.33. The molecule has 0 saturated heterocycles. The number of benzene rings is 1. The number of carbonyl (C=O) groups is 1. The molecule has 1 aromatic rings. The molecule has 0 bridgehead atoms. The number of anilines is 2. The van der Waals surface area contributed by atoms with Crippen molar-refractivity contribution in [2.75, 3.05) is 30.9 Å². The van der Waals surface area contributed by atoms with E-state index in [4.69, 9.17) is 10.5 Å². The fourth-order valence-electron chi connectivity index (χ4n) is 1.54. The van der Waals surface area contributed by atoms with Gasteiger partial charge >= 0.3 is 0 Å². The lowest BCUT2D eigenvalue weighted by atomic mass is 10.2. The van der Waals surface area contributed by atoms with Crippen LogP contribution in [0.15, 0.2) is 22.7 Å². The fourth-order valence-corrected chi connectivity index (χ4v) is 1.92. The minimum atomic E-state index is 0.000116. The van der Waals surface area contributed by atoms with Crippen LogP contribution in [0.25, 0.3) is 0 Å². The van der Waals surface area contributed by atoms with E-state index in [0.29, 0.717) is 25.3 Å². The average molecular weight is 315 g/mol. The first kappa shape index (κ1) is 15.0.